The van der Waals surface area contributed by atoms with Crippen LogP contribution in [0.1, 0.15) is 6.42 Å². The molecule has 9 heavy (non-hydrogen) atoms. The third-order valence-corrected chi connectivity index (χ3v) is 0.700. The van der Waals surface area contributed by atoms with Crippen molar-refractivity contribution in [3.63, 3.8) is 0 Å². The van der Waals surface area contributed by atoms with E-state index in [-0.39, 0.29) is 6.42 Å². The van der Waals surface area contributed by atoms with Gasteiger partial charge in [-0.3, -0.25) is 4.79 Å². The minimum absolute atomic E-state index is 0.122. The summed E-state index contributed by atoms with van der Waals surface area (Å²) in [6.07, 6.45) is 0.706. The van der Waals surface area contributed by atoms with Gasteiger partial charge in [-0.1, -0.05) is 6.58 Å². The largest absolute Gasteiger partial charge is 0.301 e. The first-order chi connectivity index (χ1) is 3.95. The van der Waals surface area contributed by atoms with E-state index in [1.54, 1.807) is 0 Å². The van der Waals surface area contributed by atoms with E-state index in [0.717, 1.165) is 0 Å². The zero-order chi connectivity index (χ0) is 7.49. The van der Waals surface area contributed by atoms with Crippen molar-refractivity contribution in [2.24, 2.45) is 17.2 Å². The number of carbonyl (C=O) groups is 1. The highest BCUT2D eigenvalue weighted by Gasteiger charge is 2.11. The van der Waals surface area contributed by atoms with Gasteiger partial charge in [-0.25, -0.2) is 0 Å². The maximum Gasteiger partial charge on any atom is 0.145 e. The van der Waals surface area contributed by atoms with Gasteiger partial charge in [-0.05, 0) is 5.57 Å². The predicted molar refractivity (Wildman–Crippen MR) is 35.1 cm³/mol. The highest BCUT2D eigenvalue weighted by atomic mass is 16.1. The highest BCUT2D eigenvalue weighted by Crippen LogP contribution is 1.97. The summed E-state index contributed by atoms with van der Waals surface area (Å²) in [4.78, 5) is 9.92. The molecule has 6 N–H and O–H groups in total. The first kappa shape index (κ1) is 8.29. The van der Waals surface area contributed by atoms with Gasteiger partial charge in [0.2, 0.25) is 0 Å². The minimum Gasteiger partial charge on any atom is -0.301 e. The summed E-state index contributed by atoms with van der Waals surface area (Å²) in [5, 5.41) is 0. The van der Waals surface area contributed by atoms with Gasteiger partial charge in [0.05, 0.1) is 0 Å². The fourth-order valence-corrected chi connectivity index (χ4v) is 0.435. The molecule has 0 saturated carbocycles. The predicted octanol–water partition coefficient (Wildman–Crippen LogP) is -1.34. The summed E-state index contributed by atoms with van der Waals surface area (Å²) >= 11 is 0. The SMILES string of the molecule is C=C(C=O)CC(N)(N)N. The lowest BCUT2D eigenvalue weighted by Crippen LogP contribution is -2.58. The van der Waals surface area contributed by atoms with Gasteiger partial charge in [0.25, 0.3) is 0 Å². The molecule has 0 spiro atoms. The number of nitrogens with two attached hydrogens (primary N) is 3. The van der Waals surface area contributed by atoms with E-state index in [4.69, 9.17) is 17.2 Å². The quantitative estimate of drug-likeness (QED) is 0.250. The maximum absolute atomic E-state index is 9.92. The second-order valence-electron chi connectivity index (χ2n) is 2.07. The molecule has 0 unspecified atom stereocenters. The van der Waals surface area contributed by atoms with Gasteiger partial charge in [-0.15, -0.1) is 0 Å². The van der Waals surface area contributed by atoms with Gasteiger partial charge in [0.1, 0.15) is 12.1 Å². The molecule has 0 saturated heterocycles. The third-order valence-electron chi connectivity index (χ3n) is 0.700. The van der Waals surface area contributed by atoms with E-state index >= 15 is 0 Å². The summed E-state index contributed by atoms with van der Waals surface area (Å²) in [6, 6.07) is 0. The highest BCUT2D eigenvalue weighted by molar-refractivity contribution is 5.72. The molecule has 0 bridgehead atoms. The van der Waals surface area contributed by atoms with Gasteiger partial charge in [-0.2, -0.15) is 0 Å². The molecule has 0 rings (SSSR count). The second kappa shape index (κ2) is 2.72. The van der Waals surface area contributed by atoms with Crippen LogP contribution in [-0.2, 0) is 4.79 Å². The monoisotopic (exact) mass is 129 g/mol. The Morgan fingerprint density at radius 3 is 2.11 bits per heavy atom. The topological polar surface area (TPSA) is 95.1 Å². The molecule has 0 aromatic heterocycles. The summed E-state index contributed by atoms with van der Waals surface area (Å²) < 4.78 is 0. The molecule has 0 aliphatic rings. The first-order valence-electron chi connectivity index (χ1n) is 2.45. The van der Waals surface area contributed by atoms with Crippen LogP contribution in [-0.4, -0.2) is 12.1 Å². The van der Waals surface area contributed by atoms with Crippen LogP contribution in [0.5, 0.6) is 0 Å². The van der Waals surface area contributed by atoms with Crippen LogP contribution >= 0.6 is 0 Å². The molecular weight excluding hydrogens is 118 g/mol. The van der Waals surface area contributed by atoms with Crippen molar-refractivity contribution in [3.05, 3.63) is 12.2 Å². The summed E-state index contributed by atoms with van der Waals surface area (Å²) in [7, 11) is 0. The van der Waals surface area contributed by atoms with E-state index in [2.05, 4.69) is 6.58 Å². The number of rotatable bonds is 3. The van der Waals surface area contributed by atoms with Crippen LogP contribution in [0.2, 0.25) is 0 Å². The molecular formula is C5H11N3O. The number of aldehydes is 1. The Morgan fingerprint density at radius 1 is 1.56 bits per heavy atom. The van der Waals surface area contributed by atoms with Crippen LogP contribution in [0.4, 0.5) is 0 Å². The summed E-state index contributed by atoms with van der Waals surface area (Å²) in [5.74, 6) is -1.31. The number of hydrogen-bond donors (Lipinski definition) is 3. The Labute approximate surface area is 53.7 Å². The van der Waals surface area contributed by atoms with Crippen molar-refractivity contribution < 1.29 is 4.79 Å². The average molecular weight is 129 g/mol. The lowest BCUT2D eigenvalue weighted by molar-refractivity contribution is -0.105. The molecule has 0 aromatic rings. The van der Waals surface area contributed by atoms with Gasteiger partial charge in [0, 0.05) is 6.42 Å². The Bertz CT molecular complexity index is 125. The van der Waals surface area contributed by atoms with Crippen LogP contribution in [0.15, 0.2) is 12.2 Å². The molecule has 0 aromatic carbocycles. The maximum atomic E-state index is 9.92. The van der Waals surface area contributed by atoms with Crippen molar-refractivity contribution in [3.8, 4) is 0 Å². The Balaban J connectivity index is 3.74. The molecule has 4 heteroatoms. The normalized spacial score (nSPS) is 11.0. The van der Waals surface area contributed by atoms with Gasteiger partial charge >= 0.3 is 0 Å². The fraction of sp³-hybridized carbons (Fsp3) is 0.400. The number of carbonyl (C=O) groups excluding carboxylic acids is 1. The van der Waals surface area contributed by atoms with Crippen molar-refractivity contribution >= 4 is 6.29 Å². The van der Waals surface area contributed by atoms with Crippen molar-refractivity contribution in [2.75, 3.05) is 0 Å². The fourth-order valence-electron chi connectivity index (χ4n) is 0.435. The van der Waals surface area contributed by atoms with E-state index in [9.17, 15) is 4.79 Å². The Hall–Kier alpha value is -0.710. The van der Waals surface area contributed by atoms with E-state index in [1.165, 1.54) is 0 Å². The first-order valence-corrected chi connectivity index (χ1v) is 2.45. The average Bonchev–Trinajstić information content (AvgIpc) is 1.62. The van der Waals surface area contributed by atoms with Crippen molar-refractivity contribution in [1.82, 2.24) is 0 Å². The molecule has 0 radical (unpaired) electrons. The van der Waals surface area contributed by atoms with E-state index in [1.807, 2.05) is 0 Å². The molecule has 0 atom stereocenters. The van der Waals surface area contributed by atoms with Crippen molar-refractivity contribution in [2.45, 2.75) is 12.2 Å². The molecule has 0 aliphatic heterocycles. The molecule has 0 amide bonds. The van der Waals surface area contributed by atoms with E-state index in [0.29, 0.717) is 11.9 Å². The van der Waals surface area contributed by atoms with Gasteiger partial charge < -0.3 is 17.2 Å². The summed E-state index contributed by atoms with van der Waals surface area (Å²) in [5.41, 5.74) is 15.8. The Morgan fingerprint density at radius 2 is 2.00 bits per heavy atom. The zero-order valence-corrected chi connectivity index (χ0v) is 5.13. The zero-order valence-electron chi connectivity index (χ0n) is 5.13. The second-order valence-corrected chi connectivity index (χ2v) is 2.07. The lowest BCUT2D eigenvalue weighted by atomic mass is 10.1. The Kier molecular flexibility index (Phi) is 2.51. The van der Waals surface area contributed by atoms with Crippen LogP contribution in [0, 0.1) is 0 Å². The van der Waals surface area contributed by atoms with Crippen LogP contribution < -0.4 is 17.2 Å². The molecule has 0 aliphatic carbocycles. The van der Waals surface area contributed by atoms with Gasteiger partial charge in [0.15, 0.2) is 0 Å². The molecule has 0 fully saturated rings. The minimum atomic E-state index is -1.31. The number of hydrogen-bond acceptors (Lipinski definition) is 4. The smallest absolute Gasteiger partial charge is 0.145 e. The third kappa shape index (κ3) is 5.16. The molecule has 52 valence electrons. The van der Waals surface area contributed by atoms with Crippen LogP contribution in [0.3, 0.4) is 0 Å². The molecule has 0 heterocycles. The molecule has 4 nitrogen and oxygen atoms in total. The standard InChI is InChI=1S/C5H11N3O/c1-4(3-9)2-5(6,7)8/h3H,1-2,6-8H2. The lowest BCUT2D eigenvalue weighted by Gasteiger charge is -2.16. The van der Waals surface area contributed by atoms with E-state index < -0.39 is 5.79 Å². The van der Waals surface area contributed by atoms with Crippen molar-refractivity contribution in [1.29, 1.82) is 0 Å². The van der Waals surface area contributed by atoms with Crippen LogP contribution in [0.25, 0.3) is 0 Å². The summed E-state index contributed by atoms with van der Waals surface area (Å²) in [6.45, 7) is 3.35.